The van der Waals surface area contributed by atoms with E-state index >= 15 is 0 Å². The predicted octanol–water partition coefficient (Wildman–Crippen LogP) is 3.36. The molecule has 4 heteroatoms. The Morgan fingerprint density at radius 1 is 1.24 bits per heavy atom. The highest BCUT2D eigenvalue weighted by molar-refractivity contribution is 6.32. The molecule has 0 saturated carbocycles. The summed E-state index contributed by atoms with van der Waals surface area (Å²) in [6, 6.07) is 11.3. The molecule has 2 aromatic rings. The standard InChI is InChI=1S/C13H13ClN2O/c1-15-13-10(5-4-8-16-13)9-17-12-7-3-2-6-11(12)14/h2-8H,9H2,1H3,(H,15,16). The van der Waals surface area contributed by atoms with Crippen molar-refractivity contribution in [2.45, 2.75) is 6.61 Å². The molecule has 88 valence electrons. The van der Waals surface area contributed by atoms with Gasteiger partial charge in [0.1, 0.15) is 18.2 Å². The fourth-order valence-corrected chi connectivity index (χ4v) is 1.69. The lowest BCUT2D eigenvalue weighted by molar-refractivity contribution is 0.306. The molecule has 0 radical (unpaired) electrons. The van der Waals surface area contributed by atoms with E-state index in [-0.39, 0.29) is 0 Å². The number of ether oxygens (including phenoxy) is 1. The van der Waals surface area contributed by atoms with Crippen LogP contribution in [0.1, 0.15) is 5.56 Å². The number of rotatable bonds is 4. The minimum atomic E-state index is 0.438. The van der Waals surface area contributed by atoms with Gasteiger partial charge in [0, 0.05) is 18.8 Å². The van der Waals surface area contributed by atoms with E-state index in [9.17, 15) is 0 Å². The Labute approximate surface area is 105 Å². The molecule has 0 aliphatic carbocycles. The van der Waals surface area contributed by atoms with Crippen LogP contribution in [0.3, 0.4) is 0 Å². The van der Waals surface area contributed by atoms with Gasteiger partial charge in [0.05, 0.1) is 5.02 Å². The SMILES string of the molecule is CNc1ncccc1COc1ccccc1Cl. The third kappa shape index (κ3) is 2.88. The fraction of sp³-hybridized carbons (Fsp3) is 0.154. The molecule has 2 rings (SSSR count). The van der Waals surface area contributed by atoms with Crippen LogP contribution in [0.15, 0.2) is 42.6 Å². The Balaban J connectivity index is 2.10. The van der Waals surface area contributed by atoms with E-state index in [1.54, 1.807) is 12.3 Å². The zero-order valence-electron chi connectivity index (χ0n) is 9.48. The molecule has 0 aliphatic rings. The molecular weight excluding hydrogens is 236 g/mol. The van der Waals surface area contributed by atoms with Gasteiger partial charge in [-0.2, -0.15) is 0 Å². The zero-order chi connectivity index (χ0) is 12.1. The number of nitrogens with zero attached hydrogens (tertiary/aromatic N) is 1. The Morgan fingerprint density at radius 3 is 2.82 bits per heavy atom. The van der Waals surface area contributed by atoms with E-state index in [1.165, 1.54) is 0 Å². The molecule has 0 aliphatic heterocycles. The van der Waals surface area contributed by atoms with Crippen LogP contribution in [0.4, 0.5) is 5.82 Å². The first kappa shape index (κ1) is 11.7. The highest BCUT2D eigenvalue weighted by atomic mass is 35.5. The van der Waals surface area contributed by atoms with E-state index in [0.29, 0.717) is 17.4 Å². The van der Waals surface area contributed by atoms with Crippen LogP contribution in [0.2, 0.25) is 5.02 Å². The second-order valence-electron chi connectivity index (χ2n) is 3.48. The maximum atomic E-state index is 6.01. The quantitative estimate of drug-likeness (QED) is 0.901. The number of hydrogen-bond donors (Lipinski definition) is 1. The first-order chi connectivity index (χ1) is 8.31. The monoisotopic (exact) mass is 248 g/mol. The van der Waals surface area contributed by atoms with Crippen molar-refractivity contribution in [3.8, 4) is 5.75 Å². The van der Waals surface area contributed by atoms with Crippen LogP contribution < -0.4 is 10.1 Å². The van der Waals surface area contributed by atoms with Gasteiger partial charge in [0.2, 0.25) is 0 Å². The molecule has 17 heavy (non-hydrogen) atoms. The summed E-state index contributed by atoms with van der Waals surface area (Å²) in [4.78, 5) is 4.21. The first-order valence-corrected chi connectivity index (χ1v) is 5.68. The van der Waals surface area contributed by atoms with Crippen molar-refractivity contribution in [2.75, 3.05) is 12.4 Å². The maximum absolute atomic E-state index is 6.01. The summed E-state index contributed by atoms with van der Waals surface area (Å²) in [7, 11) is 1.83. The topological polar surface area (TPSA) is 34.2 Å². The van der Waals surface area contributed by atoms with Gasteiger partial charge in [-0.05, 0) is 18.2 Å². The number of halogens is 1. The Hall–Kier alpha value is -1.74. The molecule has 3 nitrogen and oxygen atoms in total. The van der Waals surface area contributed by atoms with Gasteiger partial charge in [0.15, 0.2) is 0 Å². The molecule has 0 spiro atoms. The van der Waals surface area contributed by atoms with E-state index < -0.39 is 0 Å². The summed E-state index contributed by atoms with van der Waals surface area (Å²) in [5.41, 5.74) is 0.995. The largest absolute Gasteiger partial charge is 0.487 e. The van der Waals surface area contributed by atoms with Gasteiger partial charge in [-0.3, -0.25) is 0 Å². The highest BCUT2D eigenvalue weighted by Gasteiger charge is 2.04. The van der Waals surface area contributed by atoms with E-state index in [4.69, 9.17) is 16.3 Å². The Morgan fingerprint density at radius 2 is 2.06 bits per heavy atom. The second kappa shape index (κ2) is 5.55. The molecule has 1 aromatic carbocycles. The lowest BCUT2D eigenvalue weighted by Crippen LogP contribution is -2.02. The lowest BCUT2D eigenvalue weighted by atomic mass is 10.2. The molecule has 0 unspecified atom stereocenters. The first-order valence-electron chi connectivity index (χ1n) is 5.30. The number of aromatic nitrogens is 1. The van der Waals surface area contributed by atoms with Crippen LogP contribution in [0.5, 0.6) is 5.75 Å². The van der Waals surface area contributed by atoms with Gasteiger partial charge in [0.25, 0.3) is 0 Å². The average molecular weight is 249 g/mol. The number of nitrogens with one attached hydrogen (secondary N) is 1. The highest BCUT2D eigenvalue weighted by Crippen LogP contribution is 2.24. The van der Waals surface area contributed by atoms with Crippen LogP contribution in [-0.4, -0.2) is 12.0 Å². The number of pyridine rings is 1. The third-order valence-corrected chi connectivity index (χ3v) is 2.66. The maximum Gasteiger partial charge on any atom is 0.138 e. The minimum Gasteiger partial charge on any atom is -0.487 e. The van der Waals surface area contributed by atoms with Crippen LogP contribution in [-0.2, 0) is 6.61 Å². The summed E-state index contributed by atoms with van der Waals surface area (Å²) in [5, 5.41) is 3.64. The van der Waals surface area contributed by atoms with E-state index in [1.807, 2.05) is 37.4 Å². The van der Waals surface area contributed by atoms with Crippen molar-refractivity contribution < 1.29 is 4.74 Å². The molecule has 1 heterocycles. The summed E-state index contributed by atoms with van der Waals surface area (Å²) in [5.74, 6) is 1.50. The third-order valence-electron chi connectivity index (χ3n) is 2.35. The Kier molecular flexibility index (Phi) is 3.83. The summed E-state index contributed by atoms with van der Waals surface area (Å²) >= 11 is 6.01. The molecule has 0 fully saturated rings. The van der Waals surface area contributed by atoms with Crippen molar-refractivity contribution in [3.63, 3.8) is 0 Å². The van der Waals surface area contributed by atoms with Crippen LogP contribution in [0.25, 0.3) is 0 Å². The number of benzene rings is 1. The van der Waals surface area contributed by atoms with Crippen molar-refractivity contribution in [2.24, 2.45) is 0 Å². The number of para-hydroxylation sites is 1. The molecule has 0 saturated heterocycles. The van der Waals surface area contributed by atoms with Gasteiger partial charge < -0.3 is 10.1 Å². The fourth-order valence-electron chi connectivity index (χ4n) is 1.50. The van der Waals surface area contributed by atoms with Crippen molar-refractivity contribution >= 4 is 17.4 Å². The molecule has 1 N–H and O–H groups in total. The van der Waals surface area contributed by atoms with Crippen molar-refractivity contribution in [1.29, 1.82) is 0 Å². The van der Waals surface area contributed by atoms with Gasteiger partial charge in [-0.25, -0.2) is 4.98 Å². The van der Waals surface area contributed by atoms with E-state index in [2.05, 4.69) is 10.3 Å². The zero-order valence-corrected chi connectivity index (χ0v) is 10.2. The summed E-state index contributed by atoms with van der Waals surface area (Å²) in [6.45, 7) is 0.438. The molecule has 0 atom stereocenters. The second-order valence-corrected chi connectivity index (χ2v) is 3.89. The number of anilines is 1. The van der Waals surface area contributed by atoms with E-state index in [0.717, 1.165) is 11.4 Å². The predicted molar refractivity (Wildman–Crippen MR) is 69.6 cm³/mol. The molecule has 0 amide bonds. The summed E-state index contributed by atoms with van der Waals surface area (Å²) in [6.07, 6.45) is 1.74. The number of hydrogen-bond acceptors (Lipinski definition) is 3. The lowest BCUT2D eigenvalue weighted by Gasteiger charge is -2.10. The van der Waals surface area contributed by atoms with Gasteiger partial charge >= 0.3 is 0 Å². The molecule has 1 aromatic heterocycles. The Bertz CT molecular complexity index is 502. The van der Waals surface area contributed by atoms with Crippen molar-refractivity contribution in [3.05, 3.63) is 53.2 Å². The molecular formula is C13H13ClN2O. The van der Waals surface area contributed by atoms with Crippen LogP contribution >= 0.6 is 11.6 Å². The van der Waals surface area contributed by atoms with Crippen molar-refractivity contribution in [1.82, 2.24) is 4.98 Å². The minimum absolute atomic E-state index is 0.438. The average Bonchev–Trinajstić information content (AvgIpc) is 2.38. The normalized spacial score (nSPS) is 10.0. The van der Waals surface area contributed by atoms with Gasteiger partial charge in [-0.15, -0.1) is 0 Å². The van der Waals surface area contributed by atoms with Gasteiger partial charge in [-0.1, -0.05) is 29.8 Å². The van der Waals surface area contributed by atoms with Crippen LogP contribution in [0, 0.1) is 0 Å². The molecule has 0 bridgehead atoms. The smallest absolute Gasteiger partial charge is 0.138 e. The summed E-state index contributed by atoms with van der Waals surface area (Å²) < 4.78 is 5.65.